The molecule has 9 aromatic rings. The van der Waals surface area contributed by atoms with E-state index >= 15 is 0 Å². The number of hydrogen-bond donors (Lipinski definition) is 1. The van der Waals surface area contributed by atoms with Crippen molar-refractivity contribution in [3.05, 3.63) is 164 Å². The van der Waals surface area contributed by atoms with Crippen molar-refractivity contribution in [3.8, 4) is 27.9 Å². The number of nitrogens with zero attached hydrogens (tertiary/aromatic N) is 1. The van der Waals surface area contributed by atoms with Gasteiger partial charge in [-0.2, -0.15) is 0 Å². The molecule has 0 aliphatic rings. The minimum Gasteiger partial charge on any atom is -0.455 e. The molecule has 7 aromatic carbocycles. The van der Waals surface area contributed by atoms with Crippen molar-refractivity contribution in [2.45, 2.75) is 0 Å². The van der Waals surface area contributed by atoms with E-state index in [0.29, 0.717) is 0 Å². The van der Waals surface area contributed by atoms with E-state index in [4.69, 9.17) is 4.42 Å². The van der Waals surface area contributed by atoms with Crippen molar-refractivity contribution in [1.82, 2.24) is 4.57 Å². The summed E-state index contributed by atoms with van der Waals surface area (Å²) in [6.45, 7) is 0. The van der Waals surface area contributed by atoms with Crippen LogP contribution >= 0.6 is 0 Å². The van der Waals surface area contributed by atoms with Crippen LogP contribution < -0.4 is 5.32 Å². The molecular weight excluding hydrogens is 548 g/mol. The SMILES string of the molecule is c1ccc(-c2ccccc2-n2c3ccccc3c3c(Nc4ccc(-c5cccc6c5oc5ccccc56)cc4)cccc32)cc1. The van der Waals surface area contributed by atoms with E-state index in [1.807, 2.05) is 12.1 Å². The highest BCUT2D eigenvalue weighted by Gasteiger charge is 2.18. The monoisotopic (exact) mass is 576 g/mol. The van der Waals surface area contributed by atoms with Gasteiger partial charge in [-0.25, -0.2) is 0 Å². The maximum absolute atomic E-state index is 6.31. The molecule has 0 radical (unpaired) electrons. The Morgan fingerprint density at radius 1 is 0.444 bits per heavy atom. The van der Waals surface area contributed by atoms with Crippen LogP contribution in [-0.2, 0) is 0 Å². The van der Waals surface area contributed by atoms with E-state index < -0.39 is 0 Å². The van der Waals surface area contributed by atoms with Crippen LogP contribution in [0.3, 0.4) is 0 Å². The van der Waals surface area contributed by atoms with E-state index in [0.717, 1.165) is 55.6 Å². The van der Waals surface area contributed by atoms with Crippen molar-refractivity contribution >= 4 is 55.1 Å². The van der Waals surface area contributed by atoms with Gasteiger partial charge in [-0.1, -0.05) is 121 Å². The molecule has 3 nitrogen and oxygen atoms in total. The highest BCUT2D eigenvalue weighted by molar-refractivity contribution is 6.16. The van der Waals surface area contributed by atoms with E-state index in [1.165, 1.54) is 27.4 Å². The van der Waals surface area contributed by atoms with E-state index in [2.05, 4.69) is 162 Å². The van der Waals surface area contributed by atoms with Gasteiger partial charge in [0.05, 0.1) is 16.7 Å². The van der Waals surface area contributed by atoms with Crippen molar-refractivity contribution in [1.29, 1.82) is 0 Å². The second-order valence-electron chi connectivity index (χ2n) is 11.4. The fourth-order valence-corrected chi connectivity index (χ4v) is 6.78. The van der Waals surface area contributed by atoms with Crippen LogP contribution in [0.5, 0.6) is 0 Å². The number of para-hydroxylation sites is 4. The van der Waals surface area contributed by atoms with Crippen LogP contribution in [-0.4, -0.2) is 4.57 Å². The molecule has 2 heterocycles. The van der Waals surface area contributed by atoms with Crippen LogP contribution in [0.25, 0.3) is 71.7 Å². The van der Waals surface area contributed by atoms with Crippen molar-refractivity contribution < 1.29 is 4.42 Å². The van der Waals surface area contributed by atoms with E-state index in [-0.39, 0.29) is 0 Å². The standard InChI is InChI=1S/C42H28N2O/c1-2-12-28(13-3-1)31-14-4-7-20-37(31)44-38-21-8-5-16-35(38)41-36(19-11-22-39(41)44)43-30-26-24-29(25-27-30)32-17-10-18-34-33-15-6-9-23-40(33)45-42(32)34/h1-27,43H. The van der Waals surface area contributed by atoms with Crippen LogP contribution in [0.4, 0.5) is 11.4 Å². The lowest BCUT2D eigenvalue weighted by atomic mass is 10.0. The second-order valence-corrected chi connectivity index (χ2v) is 11.4. The fourth-order valence-electron chi connectivity index (χ4n) is 6.78. The summed E-state index contributed by atoms with van der Waals surface area (Å²) < 4.78 is 8.71. The summed E-state index contributed by atoms with van der Waals surface area (Å²) in [5, 5.41) is 8.45. The maximum atomic E-state index is 6.31. The number of hydrogen-bond acceptors (Lipinski definition) is 2. The second kappa shape index (κ2) is 10.3. The van der Waals surface area contributed by atoms with Crippen LogP contribution in [0.1, 0.15) is 0 Å². The molecule has 0 unspecified atom stereocenters. The van der Waals surface area contributed by atoms with Gasteiger partial charge in [0, 0.05) is 44.0 Å². The number of benzene rings is 7. The lowest BCUT2D eigenvalue weighted by Crippen LogP contribution is -1.97. The molecule has 9 rings (SSSR count). The predicted octanol–water partition coefficient (Wildman–Crippen LogP) is 11.8. The summed E-state index contributed by atoms with van der Waals surface area (Å²) in [5.74, 6) is 0. The van der Waals surface area contributed by atoms with Crippen molar-refractivity contribution in [2.24, 2.45) is 0 Å². The molecule has 0 atom stereocenters. The summed E-state index contributed by atoms with van der Waals surface area (Å²) in [7, 11) is 0. The molecule has 0 amide bonds. The van der Waals surface area contributed by atoms with Crippen LogP contribution in [0.2, 0.25) is 0 Å². The number of fused-ring (bicyclic) bond motifs is 6. The molecule has 3 heteroatoms. The zero-order valence-corrected chi connectivity index (χ0v) is 24.4. The number of furan rings is 1. The Morgan fingerprint density at radius 3 is 1.98 bits per heavy atom. The topological polar surface area (TPSA) is 30.1 Å². The smallest absolute Gasteiger partial charge is 0.143 e. The van der Waals surface area contributed by atoms with Gasteiger partial charge in [0.25, 0.3) is 0 Å². The quantitative estimate of drug-likeness (QED) is 0.221. The summed E-state index contributed by atoms with van der Waals surface area (Å²) in [6, 6.07) is 57.8. The Hall–Kier alpha value is -6.06. The Balaban J connectivity index is 1.14. The molecule has 0 saturated heterocycles. The van der Waals surface area contributed by atoms with Gasteiger partial charge in [-0.3, -0.25) is 0 Å². The molecule has 0 aliphatic heterocycles. The molecule has 45 heavy (non-hydrogen) atoms. The third kappa shape index (κ3) is 4.13. The molecule has 0 fully saturated rings. The maximum Gasteiger partial charge on any atom is 0.143 e. The summed E-state index contributed by atoms with van der Waals surface area (Å²) in [4.78, 5) is 0. The molecule has 0 bridgehead atoms. The average Bonchev–Trinajstić information content (AvgIpc) is 3.66. The molecular formula is C42H28N2O. The summed E-state index contributed by atoms with van der Waals surface area (Å²) in [5.41, 5.74) is 12.1. The number of anilines is 2. The normalized spacial score (nSPS) is 11.6. The first kappa shape index (κ1) is 25.4. The third-order valence-electron chi connectivity index (χ3n) is 8.81. The summed E-state index contributed by atoms with van der Waals surface area (Å²) in [6.07, 6.45) is 0. The third-order valence-corrected chi connectivity index (χ3v) is 8.81. The largest absolute Gasteiger partial charge is 0.455 e. The Kier molecular flexibility index (Phi) is 5.82. The van der Waals surface area contributed by atoms with Gasteiger partial charge in [0.15, 0.2) is 0 Å². The molecule has 0 aliphatic carbocycles. The Bertz CT molecular complexity index is 2500. The highest BCUT2D eigenvalue weighted by Crippen LogP contribution is 2.40. The van der Waals surface area contributed by atoms with Crippen LogP contribution in [0.15, 0.2) is 168 Å². The van der Waals surface area contributed by atoms with Gasteiger partial charge in [0.2, 0.25) is 0 Å². The fraction of sp³-hybridized carbons (Fsp3) is 0. The zero-order valence-electron chi connectivity index (χ0n) is 24.4. The first-order chi connectivity index (χ1) is 22.3. The molecule has 0 saturated carbocycles. The lowest BCUT2D eigenvalue weighted by molar-refractivity contribution is 0.670. The Labute approximate surface area is 260 Å². The van der Waals surface area contributed by atoms with Gasteiger partial charge < -0.3 is 14.3 Å². The average molecular weight is 577 g/mol. The molecule has 1 N–H and O–H groups in total. The summed E-state index contributed by atoms with van der Waals surface area (Å²) >= 11 is 0. The molecule has 2 aromatic heterocycles. The lowest BCUT2D eigenvalue weighted by Gasteiger charge is -2.14. The highest BCUT2D eigenvalue weighted by atomic mass is 16.3. The number of rotatable bonds is 5. The first-order valence-corrected chi connectivity index (χ1v) is 15.3. The van der Waals surface area contributed by atoms with E-state index in [9.17, 15) is 0 Å². The zero-order chi connectivity index (χ0) is 29.7. The number of aromatic nitrogens is 1. The van der Waals surface area contributed by atoms with Gasteiger partial charge >= 0.3 is 0 Å². The van der Waals surface area contributed by atoms with Crippen molar-refractivity contribution in [2.75, 3.05) is 5.32 Å². The van der Waals surface area contributed by atoms with Gasteiger partial charge in [0.1, 0.15) is 11.2 Å². The molecule has 212 valence electrons. The predicted molar refractivity (Wildman–Crippen MR) is 189 cm³/mol. The molecule has 0 spiro atoms. The van der Waals surface area contributed by atoms with Crippen molar-refractivity contribution in [3.63, 3.8) is 0 Å². The van der Waals surface area contributed by atoms with Gasteiger partial charge in [-0.15, -0.1) is 0 Å². The first-order valence-electron chi connectivity index (χ1n) is 15.3. The minimum atomic E-state index is 0.914. The van der Waals surface area contributed by atoms with E-state index in [1.54, 1.807) is 0 Å². The van der Waals surface area contributed by atoms with Crippen LogP contribution in [0, 0.1) is 0 Å². The minimum absolute atomic E-state index is 0.914. The van der Waals surface area contributed by atoms with Gasteiger partial charge in [-0.05, 0) is 53.6 Å². The Morgan fingerprint density at radius 2 is 1.09 bits per heavy atom. The number of nitrogens with one attached hydrogen (secondary N) is 1.